The van der Waals surface area contributed by atoms with Crippen LogP contribution in [-0.2, 0) is 62.5 Å². The van der Waals surface area contributed by atoms with Gasteiger partial charge < -0.3 is 128 Å². The number of hydrogen-bond acceptors (Lipinski definition) is 25. The molecule has 33 nitrogen and oxygen atoms in total. The Morgan fingerprint density at radius 1 is 0.537 bits per heavy atom. The lowest BCUT2D eigenvalue weighted by atomic mass is 9.89. The summed E-state index contributed by atoms with van der Waals surface area (Å²) in [6.07, 6.45) is -6.50. The Labute approximate surface area is 705 Å². The average molecular weight is 1700 g/mol. The lowest BCUT2D eigenvalue weighted by Gasteiger charge is -2.42. The van der Waals surface area contributed by atoms with Crippen molar-refractivity contribution in [2.75, 3.05) is 61.4 Å². The van der Waals surface area contributed by atoms with Gasteiger partial charge in [-0.25, -0.2) is 0 Å². The van der Waals surface area contributed by atoms with E-state index in [0.717, 1.165) is 67.3 Å². The highest BCUT2D eigenvalue weighted by Crippen LogP contribution is 2.50. The summed E-state index contributed by atoms with van der Waals surface area (Å²) >= 11 is 14.4. The Morgan fingerprint density at radius 3 is 1.84 bits per heavy atom. The minimum absolute atomic E-state index is 0.00273. The topological polar surface area (TPSA) is 471 Å². The van der Waals surface area contributed by atoms with Crippen LogP contribution in [0.3, 0.4) is 0 Å². The standard InChI is InChI=1S/C86H94Cl2N12O21/c1-7-8-11-41-12-14-43(15-13-41)40-92-72-74(107)75(108)77(85(116)91-27-10-29-100(5)6)121-86(72)120-76-62-34-47-35-63(76)119-60-25-20-46(32-54(60)87)73(106)71-84(115)97-69(79(110)90-26-9-28-99(3)4)52-36-48(101)37-58(104)64(52)51-31-44(18-23-56(51)102)67(81(112)98-71)94-82(113)68(47)95-83(114)70-53-38-50(39-59(105)65(53)88)118-61-33-45(19-24-57(61)103)66(89-2)80(111)93-55(78(109)96-70)30-42-16-21-49(117-62)22-17-42/h12-25,31-39,55,66-75,77,86,89,92,101-108H,7-11,26-30,40H2,1-6H3,(H,90,110)(H,91,116)(H,93,111)(H,94,113)(H,95,114)(H,96,109)(H,97,115)(H,98,112)/t55-,66+,67-,68-,69+,70+,71+,72-,73-,74-,75+,77+,86-/m1/s1. The van der Waals surface area contributed by atoms with Crippen molar-refractivity contribution < 1.29 is 103 Å². The van der Waals surface area contributed by atoms with Crippen LogP contribution >= 0.6 is 23.2 Å². The Hall–Kier alpha value is -12.0. The molecule has 8 aromatic rings. The third-order valence-electron chi connectivity index (χ3n) is 21.4. The van der Waals surface area contributed by atoms with E-state index in [1.807, 2.05) is 62.3 Å². The van der Waals surface area contributed by atoms with Crippen molar-refractivity contribution in [1.29, 1.82) is 0 Å². The van der Waals surface area contributed by atoms with Gasteiger partial charge in [-0.3, -0.25) is 38.4 Å². The fraction of sp³-hybridized carbons (Fsp3) is 0.349. The molecule has 121 heavy (non-hydrogen) atoms. The van der Waals surface area contributed by atoms with Gasteiger partial charge in [0.05, 0.1) is 16.1 Å². The largest absolute Gasteiger partial charge is 0.508 e. The number of fused-ring (bicyclic) bond motifs is 14. The Kier molecular flexibility index (Phi) is 27.1. The highest BCUT2D eigenvalue weighted by molar-refractivity contribution is 6.33. The molecule has 18 N–H and O–H groups in total. The zero-order chi connectivity index (χ0) is 86.4. The zero-order valence-corrected chi connectivity index (χ0v) is 68.1. The van der Waals surface area contributed by atoms with Crippen LogP contribution in [0.1, 0.15) is 119 Å². The quantitative estimate of drug-likeness (QED) is 0.0418. The maximum absolute atomic E-state index is 16.7. The number of aliphatic hydroxyl groups is 3. The van der Waals surface area contributed by atoms with Gasteiger partial charge in [-0.05, 0) is 191 Å². The summed E-state index contributed by atoms with van der Waals surface area (Å²) in [5.74, 6) is -14.5. The first-order chi connectivity index (χ1) is 57.9. The molecule has 638 valence electrons. The summed E-state index contributed by atoms with van der Waals surface area (Å²) in [5, 5.41) is 123. The van der Waals surface area contributed by atoms with Gasteiger partial charge in [-0.15, -0.1) is 0 Å². The summed E-state index contributed by atoms with van der Waals surface area (Å²) in [5.41, 5.74) is 0.0222. The number of ether oxygens (including phenoxy) is 5. The van der Waals surface area contributed by atoms with E-state index in [-0.39, 0.29) is 93.0 Å². The predicted octanol–water partition coefficient (Wildman–Crippen LogP) is 5.92. The molecule has 7 heterocycles. The molecule has 0 aromatic heterocycles. The lowest BCUT2D eigenvalue weighted by Crippen LogP contribution is -2.66. The van der Waals surface area contributed by atoms with E-state index in [2.05, 4.69) is 60.1 Å². The van der Waals surface area contributed by atoms with Gasteiger partial charge in [-0.1, -0.05) is 91.1 Å². The number of halogens is 2. The fourth-order valence-electron chi connectivity index (χ4n) is 15.0. The second-order valence-electron chi connectivity index (χ2n) is 30.7. The molecule has 7 aliphatic rings. The van der Waals surface area contributed by atoms with Gasteiger partial charge in [0.1, 0.15) is 101 Å². The molecule has 1 saturated heterocycles. The number of carbonyl (C=O) groups excluding carboxylic acids is 8. The minimum atomic E-state index is -2.32. The molecule has 7 aliphatic heterocycles. The third-order valence-corrected chi connectivity index (χ3v) is 22.1. The van der Waals surface area contributed by atoms with E-state index < -0.39 is 183 Å². The van der Waals surface area contributed by atoms with Crippen LogP contribution in [0.2, 0.25) is 10.0 Å². The smallest absolute Gasteiger partial charge is 0.252 e. The van der Waals surface area contributed by atoms with Crippen molar-refractivity contribution in [3.05, 3.63) is 200 Å². The summed E-state index contributed by atoms with van der Waals surface area (Å²) in [7, 11) is 8.78. The number of rotatable bonds is 19. The molecule has 0 saturated carbocycles. The maximum atomic E-state index is 16.7. The number of nitrogens with zero attached hydrogens (tertiary/aromatic N) is 2. The first-order valence-corrected chi connectivity index (χ1v) is 40.0. The molecule has 35 heteroatoms. The molecule has 17 bridgehead atoms. The fourth-order valence-corrected chi connectivity index (χ4v) is 15.4. The van der Waals surface area contributed by atoms with Gasteiger partial charge in [-0.2, -0.15) is 0 Å². The Morgan fingerprint density at radius 2 is 1.16 bits per heavy atom. The van der Waals surface area contributed by atoms with E-state index in [0.29, 0.717) is 37.1 Å². The Bertz CT molecular complexity index is 5260. The number of likely N-dealkylation sites (N-methyl/N-ethyl adjacent to an activating group) is 1. The van der Waals surface area contributed by atoms with Crippen molar-refractivity contribution in [3.63, 3.8) is 0 Å². The van der Waals surface area contributed by atoms with Gasteiger partial charge in [0.25, 0.3) is 5.91 Å². The summed E-state index contributed by atoms with van der Waals surface area (Å²) < 4.78 is 33.6. The summed E-state index contributed by atoms with van der Waals surface area (Å²) in [6, 6.07) is 16.0. The van der Waals surface area contributed by atoms with Crippen LogP contribution in [0.4, 0.5) is 0 Å². The number of hydrogen-bond donors (Lipinski definition) is 18. The number of phenols is 5. The number of aliphatic hydroxyl groups excluding tert-OH is 3. The van der Waals surface area contributed by atoms with Crippen molar-refractivity contribution in [2.45, 2.75) is 131 Å². The first-order valence-electron chi connectivity index (χ1n) is 39.3. The molecule has 0 aliphatic carbocycles. The zero-order valence-electron chi connectivity index (χ0n) is 66.6. The third kappa shape index (κ3) is 19.7. The van der Waals surface area contributed by atoms with Crippen LogP contribution in [0, 0.1) is 0 Å². The summed E-state index contributed by atoms with van der Waals surface area (Å²) in [4.78, 5) is 128. The van der Waals surface area contributed by atoms with E-state index in [1.54, 1.807) is 0 Å². The number of amides is 8. The number of phenolic OH excluding ortho intramolecular Hbond substituents is 5. The molecule has 0 unspecified atom stereocenters. The van der Waals surface area contributed by atoms with Gasteiger partial charge >= 0.3 is 0 Å². The van der Waals surface area contributed by atoms with Crippen LogP contribution in [0.25, 0.3) is 11.1 Å². The van der Waals surface area contributed by atoms with Crippen molar-refractivity contribution in [1.82, 2.24) is 63.0 Å². The number of unbranched alkanes of at least 4 members (excludes halogenated alkanes) is 1. The van der Waals surface area contributed by atoms with Crippen molar-refractivity contribution >= 4 is 70.5 Å². The van der Waals surface area contributed by atoms with E-state index in [9.17, 15) is 55.2 Å². The summed E-state index contributed by atoms with van der Waals surface area (Å²) in [6.45, 7) is 3.24. The normalized spacial score (nSPS) is 22.8. The number of nitrogens with one attached hydrogen (secondary N) is 10. The van der Waals surface area contributed by atoms with E-state index >= 15 is 24.0 Å². The lowest BCUT2D eigenvalue weighted by molar-refractivity contribution is -0.235. The number of benzene rings is 8. The van der Waals surface area contributed by atoms with Gasteiger partial charge in [0.15, 0.2) is 29.1 Å². The molecule has 8 aromatic carbocycles. The van der Waals surface area contributed by atoms with Crippen LogP contribution in [0.5, 0.6) is 69.0 Å². The van der Waals surface area contributed by atoms with E-state index in [4.69, 9.17) is 46.9 Å². The maximum Gasteiger partial charge on any atom is 0.252 e. The van der Waals surface area contributed by atoms with Crippen LogP contribution < -0.4 is 72.1 Å². The molecular formula is C86H94Cl2N12O21. The second kappa shape index (κ2) is 37.7. The predicted molar refractivity (Wildman–Crippen MR) is 440 cm³/mol. The van der Waals surface area contributed by atoms with Crippen molar-refractivity contribution in [3.8, 4) is 80.1 Å². The van der Waals surface area contributed by atoms with Crippen molar-refractivity contribution in [2.24, 2.45) is 0 Å². The van der Waals surface area contributed by atoms with Crippen LogP contribution in [0.15, 0.2) is 140 Å². The highest BCUT2D eigenvalue weighted by Gasteiger charge is 2.50. The highest BCUT2D eigenvalue weighted by atomic mass is 35.5. The number of carbonyl (C=O) groups is 8. The monoisotopic (exact) mass is 1700 g/mol. The molecule has 13 atom stereocenters. The molecule has 15 rings (SSSR count). The molecule has 1 fully saturated rings. The minimum Gasteiger partial charge on any atom is -0.508 e. The Balaban J connectivity index is 1.05. The SMILES string of the molecule is CCCCc1ccc(CN[C@H]2[C@H](Oc3c4cc5cc3Oc3ccc(cc3Cl)[C@@H](O)[C@@H]3NC(=O)[C@H](NC(=O)[C@@H]5NC(=O)[C@H]5NC(=O)[C@@H](Cc6ccc(cc6)O4)NC(=O)[C@@H](NC)c4ccc(O)c(c4)Oc4cc(O)c(Cl)c5c4)c4ccc(O)c(c4)-c4c(O)cc(O)cc4[C@@H](C(=O)NCCCN(C)C)NC3=O)O[C@H](C(=O)NCCCN(C)C)[C@@H](O)[C@@H]2O)cc1. The number of aryl methyl sites for hydroxylation is 1. The molecular weight excluding hydrogens is 1610 g/mol. The average Bonchev–Trinajstić information content (AvgIpc) is 0.758. The first kappa shape index (κ1) is 86.8. The number of aromatic hydroxyl groups is 5. The van der Waals surface area contributed by atoms with Gasteiger partial charge in [0, 0.05) is 54.9 Å². The second-order valence-corrected chi connectivity index (χ2v) is 31.5. The van der Waals surface area contributed by atoms with Crippen LogP contribution in [-0.4, -0.2) is 202 Å². The van der Waals surface area contributed by atoms with E-state index in [1.165, 1.54) is 79.8 Å². The molecule has 0 radical (unpaired) electrons. The van der Waals surface area contributed by atoms with Gasteiger partial charge in [0.2, 0.25) is 53.4 Å². The molecule has 0 spiro atoms. The molecule has 8 amide bonds.